The van der Waals surface area contributed by atoms with Crippen molar-refractivity contribution < 1.29 is 21.6 Å². The van der Waals surface area contributed by atoms with Crippen LogP contribution in [0.1, 0.15) is 18.9 Å². The second-order valence-corrected chi connectivity index (χ2v) is 9.34. The van der Waals surface area contributed by atoms with E-state index < -0.39 is 20.0 Å². The van der Waals surface area contributed by atoms with Gasteiger partial charge in [-0.15, -0.1) is 0 Å². The zero-order valence-electron chi connectivity index (χ0n) is 15.3. The molecule has 0 spiro atoms. The fourth-order valence-corrected chi connectivity index (χ4v) is 4.37. The maximum Gasteiger partial charge on any atom is 0.261 e. The quantitative estimate of drug-likeness (QED) is 0.584. The molecule has 0 bridgehead atoms. The highest BCUT2D eigenvalue weighted by Gasteiger charge is 2.16. The Morgan fingerprint density at radius 3 is 2.00 bits per heavy atom. The molecule has 0 saturated heterocycles. The summed E-state index contributed by atoms with van der Waals surface area (Å²) in [6, 6.07) is 12.0. The second kappa shape index (κ2) is 9.32. The SMILES string of the molecule is CCOCCCNS(=O)(=O)c1ccc(NS(=O)(=O)c2ccc(C)cc2)cc1. The summed E-state index contributed by atoms with van der Waals surface area (Å²) in [4.78, 5) is 0.206. The highest BCUT2D eigenvalue weighted by Crippen LogP contribution is 2.18. The molecule has 0 aliphatic rings. The molecule has 0 radical (unpaired) electrons. The van der Waals surface area contributed by atoms with Gasteiger partial charge in [-0.2, -0.15) is 0 Å². The van der Waals surface area contributed by atoms with Gasteiger partial charge in [0.25, 0.3) is 10.0 Å². The largest absolute Gasteiger partial charge is 0.382 e. The third-order valence-corrected chi connectivity index (χ3v) is 6.58. The molecule has 0 unspecified atom stereocenters. The van der Waals surface area contributed by atoms with Crippen LogP contribution in [0.4, 0.5) is 5.69 Å². The van der Waals surface area contributed by atoms with Crippen LogP contribution in [0.5, 0.6) is 0 Å². The van der Waals surface area contributed by atoms with Crippen molar-refractivity contribution in [2.45, 2.75) is 30.1 Å². The van der Waals surface area contributed by atoms with Gasteiger partial charge in [-0.25, -0.2) is 21.6 Å². The number of anilines is 1. The monoisotopic (exact) mass is 412 g/mol. The summed E-state index contributed by atoms with van der Waals surface area (Å²) in [5.74, 6) is 0. The number of hydrogen-bond donors (Lipinski definition) is 2. The van der Waals surface area contributed by atoms with Gasteiger partial charge in [0, 0.05) is 25.4 Å². The molecule has 148 valence electrons. The lowest BCUT2D eigenvalue weighted by Crippen LogP contribution is -2.25. The zero-order valence-corrected chi connectivity index (χ0v) is 16.9. The average Bonchev–Trinajstić information content (AvgIpc) is 2.62. The normalized spacial score (nSPS) is 12.1. The van der Waals surface area contributed by atoms with Gasteiger partial charge >= 0.3 is 0 Å². The number of rotatable bonds is 10. The number of ether oxygens (including phenoxy) is 1. The van der Waals surface area contributed by atoms with Gasteiger partial charge in [0.15, 0.2) is 0 Å². The molecule has 0 saturated carbocycles. The molecule has 2 rings (SSSR count). The molecule has 0 amide bonds. The molecule has 0 atom stereocenters. The third-order valence-electron chi connectivity index (χ3n) is 3.71. The van der Waals surface area contributed by atoms with E-state index in [1.165, 1.54) is 36.4 Å². The van der Waals surface area contributed by atoms with Gasteiger partial charge < -0.3 is 4.74 Å². The van der Waals surface area contributed by atoms with Crippen LogP contribution in [0.15, 0.2) is 58.3 Å². The summed E-state index contributed by atoms with van der Waals surface area (Å²) >= 11 is 0. The molecule has 27 heavy (non-hydrogen) atoms. The molecule has 9 heteroatoms. The third kappa shape index (κ3) is 6.31. The van der Waals surface area contributed by atoms with Crippen LogP contribution in [0.3, 0.4) is 0 Å². The van der Waals surface area contributed by atoms with Crippen LogP contribution in [-0.2, 0) is 24.8 Å². The van der Waals surface area contributed by atoms with E-state index in [0.717, 1.165) is 5.56 Å². The van der Waals surface area contributed by atoms with Crippen molar-refractivity contribution >= 4 is 25.7 Å². The molecule has 0 aliphatic carbocycles. The average molecular weight is 413 g/mol. The summed E-state index contributed by atoms with van der Waals surface area (Å²) in [7, 11) is -7.38. The van der Waals surface area contributed by atoms with Gasteiger partial charge in [0.1, 0.15) is 0 Å². The van der Waals surface area contributed by atoms with Crippen LogP contribution in [0.2, 0.25) is 0 Å². The Morgan fingerprint density at radius 2 is 1.41 bits per heavy atom. The van der Waals surface area contributed by atoms with E-state index in [1.54, 1.807) is 12.1 Å². The molecular weight excluding hydrogens is 388 g/mol. The predicted octanol–water partition coefficient (Wildman–Crippen LogP) is 2.50. The summed E-state index contributed by atoms with van der Waals surface area (Å²) in [5, 5.41) is 0. The Bertz CT molecular complexity index is 938. The number of benzene rings is 2. The molecule has 0 aromatic heterocycles. The van der Waals surface area contributed by atoms with E-state index >= 15 is 0 Å². The van der Waals surface area contributed by atoms with E-state index in [9.17, 15) is 16.8 Å². The lowest BCUT2D eigenvalue weighted by atomic mass is 10.2. The Kier molecular flexibility index (Phi) is 7.37. The van der Waals surface area contributed by atoms with Crippen LogP contribution in [0, 0.1) is 6.92 Å². The fourth-order valence-electron chi connectivity index (χ4n) is 2.24. The van der Waals surface area contributed by atoms with E-state index in [0.29, 0.717) is 19.6 Å². The van der Waals surface area contributed by atoms with Crippen molar-refractivity contribution in [3.8, 4) is 0 Å². The zero-order chi connectivity index (χ0) is 19.9. The Labute approximate surface area is 160 Å². The number of nitrogens with one attached hydrogen (secondary N) is 2. The molecule has 0 heterocycles. The van der Waals surface area contributed by atoms with Crippen LogP contribution in [-0.4, -0.2) is 36.6 Å². The Balaban J connectivity index is 2.03. The first kappa shape index (κ1) is 21.4. The maximum absolute atomic E-state index is 12.4. The van der Waals surface area contributed by atoms with E-state index in [1.807, 2.05) is 13.8 Å². The predicted molar refractivity (Wildman–Crippen MR) is 105 cm³/mol. The first-order valence-corrected chi connectivity index (χ1v) is 11.5. The first-order chi connectivity index (χ1) is 12.7. The molecule has 2 aromatic carbocycles. The minimum Gasteiger partial charge on any atom is -0.382 e. The van der Waals surface area contributed by atoms with Gasteiger partial charge in [-0.3, -0.25) is 4.72 Å². The lowest BCUT2D eigenvalue weighted by molar-refractivity contribution is 0.146. The van der Waals surface area contributed by atoms with E-state index in [4.69, 9.17) is 4.74 Å². The molecule has 7 nitrogen and oxygen atoms in total. The van der Waals surface area contributed by atoms with Crippen molar-refractivity contribution in [2.24, 2.45) is 0 Å². The maximum atomic E-state index is 12.4. The Morgan fingerprint density at radius 1 is 0.852 bits per heavy atom. The second-order valence-electron chi connectivity index (χ2n) is 5.89. The van der Waals surface area contributed by atoms with Gasteiger partial charge in [0.05, 0.1) is 9.79 Å². The highest BCUT2D eigenvalue weighted by atomic mass is 32.2. The number of hydrogen-bond acceptors (Lipinski definition) is 5. The van der Waals surface area contributed by atoms with Gasteiger partial charge in [-0.1, -0.05) is 17.7 Å². The standard InChI is InChI=1S/C18H24N2O5S2/c1-3-25-14-4-13-19-26(21,22)17-11-7-16(8-12-17)20-27(23,24)18-9-5-15(2)6-10-18/h5-12,19-20H,3-4,13-14H2,1-2H3. The van der Waals surface area contributed by atoms with Crippen molar-refractivity contribution in [3.63, 3.8) is 0 Å². The number of sulfonamides is 2. The van der Waals surface area contributed by atoms with Gasteiger partial charge in [-0.05, 0) is 56.7 Å². The van der Waals surface area contributed by atoms with E-state index in [2.05, 4.69) is 9.44 Å². The van der Waals surface area contributed by atoms with Crippen molar-refractivity contribution in [1.29, 1.82) is 0 Å². The first-order valence-electron chi connectivity index (χ1n) is 8.51. The van der Waals surface area contributed by atoms with E-state index in [-0.39, 0.29) is 22.0 Å². The smallest absolute Gasteiger partial charge is 0.261 e. The van der Waals surface area contributed by atoms with Crippen LogP contribution in [0.25, 0.3) is 0 Å². The summed E-state index contributed by atoms with van der Waals surface area (Å²) < 4.78 is 59.3. The molecular formula is C18H24N2O5S2. The van der Waals surface area contributed by atoms with Crippen molar-refractivity contribution in [1.82, 2.24) is 4.72 Å². The molecule has 2 aromatic rings. The number of aryl methyl sites for hydroxylation is 1. The summed E-state index contributed by atoms with van der Waals surface area (Å²) in [6.45, 7) is 5.09. The fraction of sp³-hybridized carbons (Fsp3) is 0.333. The van der Waals surface area contributed by atoms with Crippen LogP contribution < -0.4 is 9.44 Å². The minimum absolute atomic E-state index is 0.0668. The van der Waals surface area contributed by atoms with Gasteiger partial charge in [0.2, 0.25) is 10.0 Å². The summed E-state index contributed by atoms with van der Waals surface area (Å²) in [6.07, 6.45) is 0.571. The lowest BCUT2D eigenvalue weighted by Gasteiger charge is -2.10. The topological polar surface area (TPSA) is 102 Å². The van der Waals surface area contributed by atoms with Crippen molar-refractivity contribution in [2.75, 3.05) is 24.5 Å². The molecule has 0 fully saturated rings. The summed E-state index contributed by atoms with van der Waals surface area (Å²) in [5.41, 5.74) is 1.24. The van der Waals surface area contributed by atoms with Crippen molar-refractivity contribution in [3.05, 3.63) is 54.1 Å². The van der Waals surface area contributed by atoms with Crippen LogP contribution >= 0.6 is 0 Å². The minimum atomic E-state index is -3.73. The molecule has 0 aliphatic heterocycles. The Hall–Kier alpha value is -1.94. The highest BCUT2D eigenvalue weighted by molar-refractivity contribution is 7.92. The molecule has 2 N–H and O–H groups in total.